The molecule has 0 saturated heterocycles. The van der Waals surface area contributed by atoms with Crippen molar-refractivity contribution in [1.82, 2.24) is 10.3 Å². The molecule has 0 radical (unpaired) electrons. The van der Waals surface area contributed by atoms with Gasteiger partial charge in [0, 0.05) is 19.6 Å². The van der Waals surface area contributed by atoms with Crippen LogP contribution in [-0.2, 0) is 17.9 Å². The molecular weight excluding hydrogens is 322 g/mol. The molecule has 0 aliphatic heterocycles. The Hall–Kier alpha value is -1.86. The molecule has 0 heterocycles. The van der Waals surface area contributed by atoms with E-state index < -0.39 is 6.10 Å². The third-order valence-corrected chi connectivity index (χ3v) is 3.55. The van der Waals surface area contributed by atoms with Crippen LogP contribution in [0.25, 0.3) is 0 Å². The van der Waals surface area contributed by atoms with Gasteiger partial charge in [0.25, 0.3) is 0 Å². The molecule has 0 spiro atoms. The molecule has 0 saturated carbocycles. The van der Waals surface area contributed by atoms with Crippen molar-refractivity contribution in [2.45, 2.75) is 25.6 Å². The SMILES string of the molecule is NNC(=O)C[C@H](O)CN(Cc1ccccc1)Cc1ccccc1.S. The van der Waals surface area contributed by atoms with Gasteiger partial charge in [0.15, 0.2) is 0 Å². The predicted molar refractivity (Wildman–Crippen MR) is 100 cm³/mol. The molecule has 0 aliphatic rings. The molecule has 4 N–H and O–H groups in total. The van der Waals surface area contributed by atoms with Gasteiger partial charge in [-0.1, -0.05) is 60.7 Å². The van der Waals surface area contributed by atoms with Crippen molar-refractivity contribution in [2.24, 2.45) is 5.84 Å². The van der Waals surface area contributed by atoms with Gasteiger partial charge in [-0.15, -0.1) is 0 Å². The number of benzene rings is 2. The number of hydrazine groups is 1. The molecule has 1 amide bonds. The Morgan fingerprint density at radius 1 is 1.00 bits per heavy atom. The van der Waals surface area contributed by atoms with Crippen molar-refractivity contribution in [3.05, 3.63) is 71.8 Å². The molecule has 24 heavy (non-hydrogen) atoms. The summed E-state index contributed by atoms with van der Waals surface area (Å²) >= 11 is 0. The summed E-state index contributed by atoms with van der Waals surface area (Å²) in [5.41, 5.74) is 4.38. The second-order valence-corrected chi connectivity index (χ2v) is 5.57. The zero-order valence-electron chi connectivity index (χ0n) is 13.6. The van der Waals surface area contributed by atoms with E-state index in [2.05, 4.69) is 34.6 Å². The van der Waals surface area contributed by atoms with Crippen molar-refractivity contribution >= 4 is 19.4 Å². The molecular formula is C18H25N3O2S. The van der Waals surface area contributed by atoms with Crippen LogP contribution in [0.5, 0.6) is 0 Å². The minimum Gasteiger partial charge on any atom is -0.391 e. The summed E-state index contributed by atoms with van der Waals surface area (Å²) in [5, 5.41) is 10.1. The minimum absolute atomic E-state index is 0. The molecule has 0 bridgehead atoms. The Morgan fingerprint density at radius 2 is 1.46 bits per heavy atom. The van der Waals surface area contributed by atoms with Gasteiger partial charge < -0.3 is 5.11 Å². The van der Waals surface area contributed by atoms with Crippen LogP contribution in [-0.4, -0.2) is 28.6 Å². The van der Waals surface area contributed by atoms with Crippen molar-refractivity contribution in [3.63, 3.8) is 0 Å². The van der Waals surface area contributed by atoms with Crippen molar-refractivity contribution in [2.75, 3.05) is 6.54 Å². The van der Waals surface area contributed by atoms with Crippen LogP contribution in [0.3, 0.4) is 0 Å². The number of hydrogen-bond donors (Lipinski definition) is 3. The highest BCUT2D eigenvalue weighted by Crippen LogP contribution is 2.11. The number of nitrogens with two attached hydrogens (primary N) is 1. The molecule has 2 aromatic rings. The number of amides is 1. The molecule has 130 valence electrons. The first-order valence-corrected chi connectivity index (χ1v) is 7.65. The Kier molecular flexibility index (Phi) is 9.11. The number of aliphatic hydroxyl groups excluding tert-OH is 1. The second-order valence-electron chi connectivity index (χ2n) is 5.57. The van der Waals surface area contributed by atoms with Crippen LogP contribution in [0.4, 0.5) is 0 Å². The summed E-state index contributed by atoms with van der Waals surface area (Å²) in [5.74, 6) is 4.71. The van der Waals surface area contributed by atoms with Gasteiger partial charge in [-0.3, -0.25) is 15.1 Å². The van der Waals surface area contributed by atoms with E-state index in [0.717, 1.165) is 0 Å². The molecule has 2 rings (SSSR count). The first kappa shape index (κ1) is 20.2. The predicted octanol–water partition coefficient (Wildman–Crippen LogP) is 1.54. The zero-order valence-corrected chi connectivity index (χ0v) is 14.6. The first-order valence-electron chi connectivity index (χ1n) is 7.65. The Balaban J connectivity index is 0.00000288. The minimum atomic E-state index is -0.758. The molecule has 5 nitrogen and oxygen atoms in total. The van der Waals surface area contributed by atoms with E-state index in [4.69, 9.17) is 5.84 Å². The molecule has 0 unspecified atom stereocenters. The lowest BCUT2D eigenvalue weighted by Crippen LogP contribution is -2.37. The fraction of sp³-hybridized carbons (Fsp3) is 0.278. The van der Waals surface area contributed by atoms with E-state index in [1.54, 1.807) is 0 Å². The number of hydrogen-bond acceptors (Lipinski definition) is 4. The van der Waals surface area contributed by atoms with Gasteiger partial charge in [0.2, 0.25) is 5.91 Å². The van der Waals surface area contributed by atoms with Crippen molar-refractivity contribution in [1.29, 1.82) is 0 Å². The van der Waals surface area contributed by atoms with Gasteiger partial charge in [-0.2, -0.15) is 13.5 Å². The summed E-state index contributed by atoms with van der Waals surface area (Å²) in [7, 11) is 0. The van der Waals surface area contributed by atoms with E-state index in [1.807, 2.05) is 36.4 Å². The standard InChI is InChI=1S/C18H23N3O2.H2S/c19-20-18(23)11-17(22)14-21(12-15-7-3-1-4-8-15)13-16-9-5-2-6-10-16;/h1-10,17,22H,11-14,19H2,(H,20,23);1H2/t17-;/m0./s1. The molecule has 2 aromatic carbocycles. The molecule has 0 aromatic heterocycles. The monoisotopic (exact) mass is 347 g/mol. The Bertz CT molecular complexity index is 554. The van der Waals surface area contributed by atoms with Crippen LogP contribution in [0.15, 0.2) is 60.7 Å². The van der Waals surface area contributed by atoms with Crippen molar-refractivity contribution in [3.8, 4) is 0 Å². The molecule has 6 heteroatoms. The molecule has 0 fully saturated rings. The topological polar surface area (TPSA) is 78.6 Å². The highest BCUT2D eigenvalue weighted by atomic mass is 32.1. The summed E-state index contributed by atoms with van der Waals surface area (Å²) in [6.45, 7) is 1.81. The lowest BCUT2D eigenvalue weighted by atomic mass is 10.1. The van der Waals surface area contributed by atoms with Gasteiger partial charge in [-0.25, -0.2) is 5.84 Å². The van der Waals surface area contributed by atoms with Gasteiger partial charge in [-0.05, 0) is 11.1 Å². The fourth-order valence-corrected chi connectivity index (χ4v) is 2.50. The normalized spacial score (nSPS) is 11.6. The number of carbonyl (C=O) groups excluding carboxylic acids is 1. The van der Waals surface area contributed by atoms with E-state index in [9.17, 15) is 9.90 Å². The smallest absolute Gasteiger partial charge is 0.236 e. The first-order chi connectivity index (χ1) is 11.2. The third-order valence-electron chi connectivity index (χ3n) is 3.55. The number of aliphatic hydroxyl groups is 1. The third kappa shape index (κ3) is 7.14. The average molecular weight is 347 g/mol. The van der Waals surface area contributed by atoms with Gasteiger partial charge in [0.05, 0.1) is 12.5 Å². The Labute approximate surface area is 149 Å². The molecule has 1 atom stereocenters. The second kappa shape index (κ2) is 10.8. The van der Waals surface area contributed by atoms with E-state index >= 15 is 0 Å². The maximum absolute atomic E-state index is 11.3. The summed E-state index contributed by atoms with van der Waals surface area (Å²) < 4.78 is 0. The largest absolute Gasteiger partial charge is 0.391 e. The quantitative estimate of drug-likeness (QED) is 0.384. The zero-order chi connectivity index (χ0) is 16.5. The molecule has 0 aliphatic carbocycles. The van der Waals surface area contributed by atoms with Gasteiger partial charge >= 0.3 is 0 Å². The summed E-state index contributed by atoms with van der Waals surface area (Å²) in [6, 6.07) is 20.1. The van der Waals surface area contributed by atoms with Crippen molar-refractivity contribution < 1.29 is 9.90 Å². The maximum Gasteiger partial charge on any atom is 0.236 e. The number of nitrogens with zero attached hydrogens (tertiary/aromatic N) is 1. The van der Waals surface area contributed by atoms with Crippen LogP contribution in [0, 0.1) is 0 Å². The van der Waals surface area contributed by atoms with Gasteiger partial charge in [0.1, 0.15) is 0 Å². The summed E-state index contributed by atoms with van der Waals surface area (Å²) in [4.78, 5) is 13.4. The lowest BCUT2D eigenvalue weighted by molar-refractivity contribution is -0.123. The van der Waals surface area contributed by atoms with Crippen LogP contribution in [0.2, 0.25) is 0 Å². The van der Waals surface area contributed by atoms with E-state index in [0.29, 0.717) is 19.6 Å². The highest BCUT2D eigenvalue weighted by Gasteiger charge is 2.15. The summed E-state index contributed by atoms with van der Waals surface area (Å²) in [6.07, 6.45) is -0.762. The van der Waals surface area contributed by atoms with E-state index in [-0.39, 0.29) is 25.8 Å². The number of nitrogens with one attached hydrogen (secondary N) is 1. The van der Waals surface area contributed by atoms with Crippen LogP contribution < -0.4 is 11.3 Å². The average Bonchev–Trinajstić information content (AvgIpc) is 2.56. The van der Waals surface area contributed by atoms with E-state index in [1.165, 1.54) is 11.1 Å². The van der Waals surface area contributed by atoms with Crippen LogP contribution in [0.1, 0.15) is 17.5 Å². The lowest BCUT2D eigenvalue weighted by Gasteiger charge is -2.25. The fourth-order valence-electron chi connectivity index (χ4n) is 2.50. The number of rotatable bonds is 8. The maximum atomic E-state index is 11.3. The van der Waals surface area contributed by atoms with Crippen LogP contribution >= 0.6 is 13.5 Å². The number of carbonyl (C=O) groups is 1. The highest BCUT2D eigenvalue weighted by molar-refractivity contribution is 7.59. The Morgan fingerprint density at radius 3 is 1.88 bits per heavy atom.